The molecule has 4 heteroatoms. The maximum atomic E-state index is 6.97. The Morgan fingerprint density at radius 1 is 1.00 bits per heavy atom. The first kappa shape index (κ1) is 18.1. The van der Waals surface area contributed by atoms with Gasteiger partial charge < -0.3 is 10.5 Å². The number of thiophene rings is 1. The SMILES string of the molecule is CCOc1ccc(CC(N)(c2ccc(SC)cc2)c2ccsc2)cc1. The maximum absolute atomic E-state index is 6.97. The third-order valence-electron chi connectivity index (χ3n) is 4.36. The van der Waals surface area contributed by atoms with Gasteiger partial charge in [-0.1, -0.05) is 24.3 Å². The van der Waals surface area contributed by atoms with E-state index in [1.165, 1.54) is 10.5 Å². The summed E-state index contributed by atoms with van der Waals surface area (Å²) in [5.41, 5.74) is 9.93. The fourth-order valence-electron chi connectivity index (χ4n) is 2.97. The molecule has 130 valence electrons. The normalized spacial score (nSPS) is 13.4. The van der Waals surface area contributed by atoms with Gasteiger partial charge in [0, 0.05) is 4.90 Å². The lowest BCUT2D eigenvalue weighted by molar-refractivity contribution is 0.340. The average Bonchev–Trinajstić information content (AvgIpc) is 3.19. The van der Waals surface area contributed by atoms with Gasteiger partial charge in [-0.15, -0.1) is 11.8 Å². The molecule has 0 saturated carbocycles. The van der Waals surface area contributed by atoms with Crippen LogP contribution in [-0.2, 0) is 12.0 Å². The summed E-state index contributed by atoms with van der Waals surface area (Å²) in [5.74, 6) is 0.897. The molecule has 0 spiro atoms. The zero-order valence-electron chi connectivity index (χ0n) is 14.6. The van der Waals surface area contributed by atoms with Crippen molar-refractivity contribution in [2.24, 2.45) is 5.73 Å². The van der Waals surface area contributed by atoms with Gasteiger partial charge in [0.1, 0.15) is 5.75 Å². The van der Waals surface area contributed by atoms with Crippen LogP contribution >= 0.6 is 23.1 Å². The molecule has 0 fully saturated rings. The van der Waals surface area contributed by atoms with E-state index < -0.39 is 5.54 Å². The van der Waals surface area contributed by atoms with E-state index in [0.717, 1.165) is 23.3 Å². The largest absolute Gasteiger partial charge is 0.494 e. The molecule has 1 aromatic heterocycles. The van der Waals surface area contributed by atoms with Gasteiger partial charge in [-0.2, -0.15) is 11.3 Å². The quantitative estimate of drug-likeness (QED) is 0.573. The highest BCUT2D eigenvalue weighted by molar-refractivity contribution is 7.98. The van der Waals surface area contributed by atoms with Gasteiger partial charge in [-0.3, -0.25) is 0 Å². The Morgan fingerprint density at radius 3 is 2.28 bits per heavy atom. The van der Waals surface area contributed by atoms with Gasteiger partial charge >= 0.3 is 0 Å². The monoisotopic (exact) mass is 369 g/mol. The Balaban J connectivity index is 1.94. The summed E-state index contributed by atoms with van der Waals surface area (Å²) in [6.07, 6.45) is 2.83. The minimum absolute atomic E-state index is 0.538. The zero-order chi connectivity index (χ0) is 17.7. The molecule has 0 aliphatic heterocycles. The van der Waals surface area contributed by atoms with E-state index in [1.54, 1.807) is 23.1 Å². The predicted octanol–water partition coefficient (Wildman–Crippen LogP) is 5.31. The van der Waals surface area contributed by atoms with Gasteiger partial charge in [-0.05, 0) is 77.4 Å². The lowest BCUT2D eigenvalue weighted by Gasteiger charge is -2.30. The first-order valence-electron chi connectivity index (χ1n) is 8.33. The Kier molecular flexibility index (Phi) is 5.84. The number of hydrogen-bond acceptors (Lipinski definition) is 4. The van der Waals surface area contributed by atoms with Gasteiger partial charge in [0.15, 0.2) is 0 Å². The first-order chi connectivity index (χ1) is 12.2. The molecular formula is C21H23NOS2. The summed E-state index contributed by atoms with van der Waals surface area (Å²) in [5, 5.41) is 4.24. The third kappa shape index (κ3) is 4.09. The molecule has 0 saturated heterocycles. The van der Waals surface area contributed by atoms with Crippen LogP contribution in [0.2, 0.25) is 0 Å². The number of benzene rings is 2. The van der Waals surface area contributed by atoms with Crippen LogP contribution in [0.1, 0.15) is 23.6 Å². The van der Waals surface area contributed by atoms with Crippen molar-refractivity contribution in [2.75, 3.05) is 12.9 Å². The molecule has 2 aromatic carbocycles. The first-order valence-corrected chi connectivity index (χ1v) is 10.5. The molecule has 1 atom stereocenters. The number of hydrogen-bond donors (Lipinski definition) is 1. The van der Waals surface area contributed by atoms with E-state index in [1.807, 2.05) is 19.1 Å². The number of thioether (sulfide) groups is 1. The second-order valence-electron chi connectivity index (χ2n) is 5.97. The van der Waals surface area contributed by atoms with Crippen LogP contribution in [0.3, 0.4) is 0 Å². The molecule has 2 N–H and O–H groups in total. The van der Waals surface area contributed by atoms with Crippen molar-refractivity contribution in [1.29, 1.82) is 0 Å². The fourth-order valence-corrected chi connectivity index (χ4v) is 4.12. The minimum Gasteiger partial charge on any atom is -0.494 e. The van der Waals surface area contributed by atoms with E-state index in [0.29, 0.717) is 6.61 Å². The average molecular weight is 370 g/mol. The van der Waals surface area contributed by atoms with Crippen LogP contribution < -0.4 is 10.5 Å². The summed E-state index contributed by atoms with van der Waals surface area (Å²) in [7, 11) is 0. The molecular weight excluding hydrogens is 346 g/mol. The minimum atomic E-state index is -0.538. The van der Waals surface area contributed by atoms with Crippen molar-refractivity contribution < 1.29 is 4.74 Å². The maximum Gasteiger partial charge on any atom is 0.119 e. The van der Waals surface area contributed by atoms with Crippen LogP contribution in [0.15, 0.2) is 70.3 Å². The summed E-state index contributed by atoms with van der Waals surface area (Å²) in [4.78, 5) is 1.25. The van der Waals surface area contributed by atoms with Crippen molar-refractivity contribution in [3.05, 3.63) is 82.0 Å². The van der Waals surface area contributed by atoms with E-state index >= 15 is 0 Å². The smallest absolute Gasteiger partial charge is 0.119 e. The van der Waals surface area contributed by atoms with Crippen LogP contribution in [0.25, 0.3) is 0 Å². The second-order valence-corrected chi connectivity index (χ2v) is 7.63. The third-order valence-corrected chi connectivity index (χ3v) is 5.79. The van der Waals surface area contributed by atoms with Gasteiger partial charge in [0.2, 0.25) is 0 Å². The summed E-state index contributed by atoms with van der Waals surface area (Å²) in [6, 6.07) is 19.0. The van der Waals surface area contributed by atoms with E-state index in [-0.39, 0.29) is 0 Å². The van der Waals surface area contributed by atoms with Crippen LogP contribution in [0.5, 0.6) is 5.75 Å². The Bertz CT molecular complexity index is 782. The predicted molar refractivity (Wildman–Crippen MR) is 109 cm³/mol. The van der Waals surface area contributed by atoms with E-state index in [4.69, 9.17) is 10.5 Å². The summed E-state index contributed by atoms with van der Waals surface area (Å²) in [6.45, 7) is 2.67. The standard InChI is InChI=1S/C21H23NOS2/c1-3-23-19-8-4-16(5-9-19)14-21(22,18-12-13-25-15-18)17-6-10-20(24-2)11-7-17/h4-13,15H,3,14,22H2,1-2H3. The van der Waals surface area contributed by atoms with Gasteiger partial charge in [0.05, 0.1) is 12.1 Å². The summed E-state index contributed by atoms with van der Waals surface area (Å²) >= 11 is 3.43. The molecule has 0 aliphatic carbocycles. The highest BCUT2D eigenvalue weighted by atomic mass is 32.2. The Morgan fingerprint density at radius 2 is 1.72 bits per heavy atom. The fraction of sp³-hybridized carbons (Fsp3) is 0.238. The Hall–Kier alpha value is -1.75. The van der Waals surface area contributed by atoms with E-state index in [2.05, 4.69) is 59.5 Å². The Labute approximate surface area is 158 Å². The summed E-state index contributed by atoms with van der Waals surface area (Å²) < 4.78 is 5.54. The molecule has 0 bridgehead atoms. The van der Waals surface area contributed by atoms with Crippen molar-refractivity contribution >= 4 is 23.1 Å². The van der Waals surface area contributed by atoms with Gasteiger partial charge in [0.25, 0.3) is 0 Å². The highest BCUT2D eigenvalue weighted by Gasteiger charge is 2.30. The van der Waals surface area contributed by atoms with Crippen LogP contribution in [0, 0.1) is 0 Å². The topological polar surface area (TPSA) is 35.2 Å². The van der Waals surface area contributed by atoms with Gasteiger partial charge in [-0.25, -0.2) is 0 Å². The van der Waals surface area contributed by atoms with Crippen molar-refractivity contribution in [3.8, 4) is 5.75 Å². The van der Waals surface area contributed by atoms with E-state index in [9.17, 15) is 0 Å². The molecule has 0 amide bonds. The molecule has 3 aromatic rings. The molecule has 1 heterocycles. The highest BCUT2D eigenvalue weighted by Crippen LogP contribution is 2.33. The molecule has 3 rings (SSSR count). The molecule has 2 nitrogen and oxygen atoms in total. The lowest BCUT2D eigenvalue weighted by atomic mass is 9.80. The number of rotatable bonds is 7. The van der Waals surface area contributed by atoms with Crippen molar-refractivity contribution in [1.82, 2.24) is 0 Å². The van der Waals surface area contributed by atoms with Crippen LogP contribution in [0.4, 0.5) is 0 Å². The van der Waals surface area contributed by atoms with Crippen LogP contribution in [-0.4, -0.2) is 12.9 Å². The zero-order valence-corrected chi connectivity index (χ0v) is 16.2. The lowest BCUT2D eigenvalue weighted by Crippen LogP contribution is -2.39. The molecule has 0 aliphatic rings. The number of nitrogens with two attached hydrogens (primary N) is 1. The van der Waals surface area contributed by atoms with Crippen molar-refractivity contribution in [2.45, 2.75) is 23.8 Å². The number of ether oxygens (including phenoxy) is 1. The molecule has 1 unspecified atom stereocenters. The molecule has 0 radical (unpaired) electrons. The second kappa shape index (κ2) is 8.09. The molecule has 25 heavy (non-hydrogen) atoms. The van der Waals surface area contributed by atoms with Crippen molar-refractivity contribution in [3.63, 3.8) is 0 Å².